The van der Waals surface area contributed by atoms with Crippen LogP contribution in [0.5, 0.6) is 17.2 Å². The number of methoxy groups -OCH3 is 2. The number of hydrogen-bond acceptors (Lipinski definition) is 5. The van der Waals surface area contributed by atoms with Gasteiger partial charge in [0.05, 0.1) is 26.4 Å². The van der Waals surface area contributed by atoms with Gasteiger partial charge in [-0.15, -0.1) is 0 Å². The molecule has 0 unspecified atom stereocenters. The van der Waals surface area contributed by atoms with Crippen LogP contribution in [-0.4, -0.2) is 38.1 Å². The molecular formula is C15H25NO4. The van der Waals surface area contributed by atoms with Crippen molar-refractivity contribution in [3.05, 3.63) is 17.7 Å². The first-order chi connectivity index (χ1) is 9.41. The zero-order chi connectivity index (χ0) is 15.2. The van der Waals surface area contributed by atoms with Crippen LogP contribution in [0.1, 0.15) is 26.3 Å². The van der Waals surface area contributed by atoms with Gasteiger partial charge in [0.2, 0.25) is 5.75 Å². The maximum absolute atomic E-state index is 9.68. The fourth-order valence-corrected chi connectivity index (χ4v) is 1.84. The summed E-state index contributed by atoms with van der Waals surface area (Å²) in [6.45, 7) is 7.10. The zero-order valence-corrected chi connectivity index (χ0v) is 12.9. The van der Waals surface area contributed by atoms with E-state index in [2.05, 4.69) is 5.32 Å². The highest BCUT2D eigenvalue weighted by Crippen LogP contribution is 2.38. The van der Waals surface area contributed by atoms with Gasteiger partial charge in [-0.2, -0.15) is 0 Å². The van der Waals surface area contributed by atoms with Crippen LogP contribution in [0.2, 0.25) is 0 Å². The first-order valence-corrected chi connectivity index (χ1v) is 6.72. The van der Waals surface area contributed by atoms with Gasteiger partial charge in [-0.05, 0) is 38.5 Å². The molecule has 0 aromatic heterocycles. The van der Waals surface area contributed by atoms with Gasteiger partial charge in [-0.25, -0.2) is 0 Å². The smallest absolute Gasteiger partial charge is 0.203 e. The molecule has 5 heteroatoms. The SMILES string of the molecule is CCOc1c(OC)cc(CNCC(C)(C)O)cc1OC. The van der Waals surface area contributed by atoms with Gasteiger partial charge in [0, 0.05) is 13.1 Å². The molecular weight excluding hydrogens is 258 g/mol. The van der Waals surface area contributed by atoms with E-state index in [-0.39, 0.29) is 0 Å². The largest absolute Gasteiger partial charge is 0.493 e. The van der Waals surface area contributed by atoms with Crippen LogP contribution >= 0.6 is 0 Å². The summed E-state index contributed by atoms with van der Waals surface area (Å²) in [5, 5.41) is 12.9. The van der Waals surface area contributed by atoms with E-state index in [1.807, 2.05) is 19.1 Å². The molecule has 0 amide bonds. The first kappa shape index (κ1) is 16.6. The van der Waals surface area contributed by atoms with Crippen LogP contribution in [0.25, 0.3) is 0 Å². The van der Waals surface area contributed by atoms with Crippen LogP contribution in [0, 0.1) is 0 Å². The standard InChI is InChI=1S/C15H25NO4/c1-6-20-14-12(18-4)7-11(8-13(14)19-5)9-16-10-15(2,3)17/h7-8,16-17H,6,9-10H2,1-5H3. The Hall–Kier alpha value is -1.46. The van der Waals surface area contributed by atoms with Crippen molar-refractivity contribution in [1.29, 1.82) is 0 Å². The van der Waals surface area contributed by atoms with Crippen LogP contribution < -0.4 is 19.5 Å². The summed E-state index contributed by atoms with van der Waals surface area (Å²) in [6.07, 6.45) is 0. The molecule has 0 aliphatic heterocycles. The second-order valence-corrected chi connectivity index (χ2v) is 5.18. The lowest BCUT2D eigenvalue weighted by atomic mass is 10.1. The third kappa shape index (κ3) is 4.90. The molecule has 0 heterocycles. The predicted octanol–water partition coefficient (Wildman–Crippen LogP) is 1.96. The number of aliphatic hydroxyl groups is 1. The fourth-order valence-electron chi connectivity index (χ4n) is 1.84. The third-order valence-corrected chi connectivity index (χ3v) is 2.70. The maximum Gasteiger partial charge on any atom is 0.203 e. The Balaban J connectivity index is 2.87. The zero-order valence-electron chi connectivity index (χ0n) is 12.9. The van der Waals surface area contributed by atoms with E-state index >= 15 is 0 Å². The van der Waals surface area contributed by atoms with Crippen molar-refractivity contribution in [1.82, 2.24) is 5.32 Å². The van der Waals surface area contributed by atoms with Gasteiger partial charge < -0.3 is 24.6 Å². The van der Waals surface area contributed by atoms with Gasteiger partial charge in [-0.1, -0.05) is 0 Å². The molecule has 1 aromatic carbocycles. The quantitative estimate of drug-likeness (QED) is 0.764. The van der Waals surface area contributed by atoms with Crippen molar-refractivity contribution >= 4 is 0 Å². The molecule has 0 aliphatic rings. The number of benzene rings is 1. The monoisotopic (exact) mass is 283 g/mol. The van der Waals surface area contributed by atoms with E-state index in [0.29, 0.717) is 36.9 Å². The van der Waals surface area contributed by atoms with Crippen molar-refractivity contribution in [2.75, 3.05) is 27.4 Å². The molecule has 0 fully saturated rings. The minimum Gasteiger partial charge on any atom is -0.493 e. The molecule has 2 N–H and O–H groups in total. The summed E-state index contributed by atoms with van der Waals surface area (Å²) in [6, 6.07) is 3.82. The summed E-state index contributed by atoms with van der Waals surface area (Å²) in [5.74, 6) is 1.90. The highest BCUT2D eigenvalue weighted by Gasteiger charge is 2.15. The molecule has 0 bridgehead atoms. The van der Waals surface area contributed by atoms with Crippen molar-refractivity contribution in [3.63, 3.8) is 0 Å². The fraction of sp³-hybridized carbons (Fsp3) is 0.600. The van der Waals surface area contributed by atoms with Crippen molar-refractivity contribution in [2.24, 2.45) is 0 Å². The second kappa shape index (κ2) is 7.36. The summed E-state index contributed by atoms with van der Waals surface area (Å²) in [4.78, 5) is 0. The Morgan fingerprint density at radius 2 is 1.70 bits per heavy atom. The Kier molecular flexibility index (Phi) is 6.10. The first-order valence-electron chi connectivity index (χ1n) is 6.72. The summed E-state index contributed by atoms with van der Waals surface area (Å²) in [5.41, 5.74) is 0.269. The highest BCUT2D eigenvalue weighted by molar-refractivity contribution is 5.53. The van der Waals surface area contributed by atoms with E-state index in [9.17, 15) is 5.11 Å². The van der Waals surface area contributed by atoms with Crippen molar-refractivity contribution in [2.45, 2.75) is 32.9 Å². The molecule has 114 valence electrons. The number of hydrogen-bond donors (Lipinski definition) is 2. The van der Waals surface area contributed by atoms with E-state index in [0.717, 1.165) is 5.56 Å². The Labute approximate surface area is 120 Å². The van der Waals surface area contributed by atoms with Gasteiger partial charge >= 0.3 is 0 Å². The maximum atomic E-state index is 9.68. The summed E-state index contributed by atoms with van der Waals surface area (Å²) in [7, 11) is 3.21. The molecule has 1 rings (SSSR count). The molecule has 5 nitrogen and oxygen atoms in total. The van der Waals surface area contributed by atoms with E-state index in [1.165, 1.54) is 0 Å². The average Bonchev–Trinajstić information content (AvgIpc) is 2.38. The minimum atomic E-state index is -0.737. The van der Waals surface area contributed by atoms with E-state index < -0.39 is 5.60 Å². The number of ether oxygens (including phenoxy) is 3. The lowest BCUT2D eigenvalue weighted by Gasteiger charge is -2.19. The predicted molar refractivity (Wildman–Crippen MR) is 78.7 cm³/mol. The topological polar surface area (TPSA) is 60.0 Å². The molecule has 1 aromatic rings. The lowest BCUT2D eigenvalue weighted by Crippen LogP contribution is -2.34. The Morgan fingerprint density at radius 3 is 2.10 bits per heavy atom. The lowest BCUT2D eigenvalue weighted by molar-refractivity contribution is 0.0795. The molecule has 0 radical (unpaired) electrons. The Morgan fingerprint density at radius 1 is 1.15 bits per heavy atom. The van der Waals surface area contributed by atoms with Gasteiger partial charge in [0.15, 0.2) is 11.5 Å². The minimum absolute atomic E-state index is 0.505. The van der Waals surface area contributed by atoms with Crippen LogP contribution in [-0.2, 0) is 6.54 Å². The molecule has 20 heavy (non-hydrogen) atoms. The normalized spacial score (nSPS) is 11.3. The van der Waals surface area contributed by atoms with Gasteiger partial charge in [0.25, 0.3) is 0 Å². The summed E-state index contributed by atoms with van der Waals surface area (Å²) < 4.78 is 16.2. The van der Waals surface area contributed by atoms with Gasteiger partial charge in [-0.3, -0.25) is 0 Å². The number of nitrogens with one attached hydrogen (secondary N) is 1. The van der Waals surface area contributed by atoms with Crippen molar-refractivity contribution < 1.29 is 19.3 Å². The number of rotatable bonds is 8. The average molecular weight is 283 g/mol. The molecule has 0 aliphatic carbocycles. The van der Waals surface area contributed by atoms with Crippen LogP contribution in [0.4, 0.5) is 0 Å². The van der Waals surface area contributed by atoms with Crippen molar-refractivity contribution in [3.8, 4) is 17.2 Å². The van der Waals surface area contributed by atoms with Crippen LogP contribution in [0.15, 0.2) is 12.1 Å². The highest BCUT2D eigenvalue weighted by atomic mass is 16.5. The van der Waals surface area contributed by atoms with Gasteiger partial charge in [0.1, 0.15) is 0 Å². The van der Waals surface area contributed by atoms with E-state index in [4.69, 9.17) is 14.2 Å². The Bertz CT molecular complexity index is 401. The third-order valence-electron chi connectivity index (χ3n) is 2.70. The molecule has 0 saturated carbocycles. The van der Waals surface area contributed by atoms with E-state index in [1.54, 1.807) is 28.1 Å². The molecule has 0 saturated heterocycles. The second-order valence-electron chi connectivity index (χ2n) is 5.18. The van der Waals surface area contributed by atoms with Crippen LogP contribution in [0.3, 0.4) is 0 Å². The molecule has 0 atom stereocenters. The molecule has 0 spiro atoms. The summed E-state index contributed by atoms with van der Waals surface area (Å²) >= 11 is 0.